The predicted molar refractivity (Wildman–Crippen MR) is 150 cm³/mol. The van der Waals surface area contributed by atoms with Crippen molar-refractivity contribution in [1.82, 2.24) is 9.47 Å². The van der Waals surface area contributed by atoms with E-state index in [9.17, 15) is 29.3 Å². The first-order chi connectivity index (χ1) is 19.2. The summed E-state index contributed by atoms with van der Waals surface area (Å²) in [7, 11) is 0. The third-order valence-electron chi connectivity index (χ3n) is 5.76. The number of nitrogens with one attached hydrogen (secondary N) is 1. The van der Waals surface area contributed by atoms with E-state index in [1.165, 1.54) is 30.3 Å². The molecule has 0 bridgehead atoms. The second kappa shape index (κ2) is 12.6. The highest BCUT2D eigenvalue weighted by atomic mass is 35.5. The van der Waals surface area contributed by atoms with Crippen LogP contribution in [-0.2, 0) is 20.9 Å². The van der Waals surface area contributed by atoms with Gasteiger partial charge in [-0.15, -0.1) is 0 Å². The number of rotatable bonds is 10. The van der Waals surface area contributed by atoms with Crippen molar-refractivity contribution in [3.63, 3.8) is 0 Å². The van der Waals surface area contributed by atoms with Gasteiger partial charge >= 0.3 is 5.97 Å². The summed E-state index contributed by atoms with van der Waals surface area (Å²) in [6.07, 6.45) is 3.84. The molecule has 2 aromatic carbocycles. The minimum Gasteiger partial charge on any atom is -0.462 e. The van der Waals surface area contributed by atoms with Gasteiger partial charge in [0.15, 0.2) is 0 Å². The Morgan fingerprint density at radius 1 is 1.15 bits per heavy atom. The molecule has 1 aliphatic heterocycles. The number of ether oxygens (including phenoxy) is 1. The Morgan fingerprint density at radius 3 is 2.67 bits per heavy atom. The number of nitrogens with zero attached hydrogens (tertiary/aromatic N) is 3. The molecule has 3 amide bonds. The van der Waals surface area contributed by atoms with Crippen molar-refractivity contribution in [1.29, 1.82) is 0 Å². The van der Waals surface area contributed by atoms with Crippen LogP contribution in [0.15, 0.2) is 65.7 Å². The van der Waals surface area contributed by atoms with Gasteiger partial charge in [0.25, 0.3) is 16.8 Å². The van der Waals surface area contributed by atoms with Gasteiger partial charge in [0.05, 0.1) is 33.6 Å². The molecule has 1 saturated heterocycles. The second-order valence-corrected chi connectivity index (χ2v) is 9.99. The first-order valence-corrected chi connectivity index (χ1v) is 13.3. The van der Waals surface area contributed by atoms with Crippen LogP contribution in [0, 0.1) is 10.1 Å². The Labute approximate surface area is 237 Å². The van der Waals surface area contributed by atoms with E-state index in [1.807, 2.05) is 6.92 Å². The number of aromatic nitrogens is 1. The van der Waals surface area contributed by atoms with Crippen LogP contribution in [0.3, 0.4) is 0 Å². The minimum atomic E-state index is -0.654. The van der Waals surface area contributed by atoms with Crippen LogP contribution in [0.25, 0.3) is 6.08 Å². The molecule has 40 heavy (non-hydrogen) atoms. The lowest BCUT2D eigenvalue weighted by molar-refractivity contribution is -0.385. The van der Waals surface area contributed by atoms with E-state index < -0.39 is 34.5 Å². The predicted octanol–water partition coefficient (Wildman–Crippen LogP) is 5.34. The van der Waals surface area contributed by atoms with Crippen molar-refractivity contribution in [2.45, 2.75) is 19.9 Å². The largest absolute Gasteiger partial charge is 0.462 e. The van der Waals surface area contributed by atoms with Crippen molar-refractivity contribution >= 4 is 63.8 Å². The number of nitro groups is 1. The highest BCUT2D eigenvalue weighted by molar-refractivity contribution is 8.18. The molecule has 2 heterocycles. The fraction of sp³-hybridized carbons (Fsp3) is 0.185. The molecular weight excluding hydrogens is 560 g/mol. The molecule has 0 atom stereocenters. The van der Waals surface area contributed by atoms with Gasteiger partial charge < -0.3 is 14.6 Å². The summed E-state index contributed by atoms with van der Waals surface area (Å²) in [5.41, 5.74) is 1.32. The molecule has 0 saturated carbocycles. The normalized spacial score (nSPS) is 14.1. The van der Waals surface area contributed by atoms with E-state index in [0.717, 1.165) is 4.90 Å². The zero-order chi connectivity index (χ0) is 28.8. The maximum absolute atomic E-state index is 13.0. The maximum atomic E-state index is 13.0. The van der Waals surface area contributed by atoms with E-state index in [1.54, 1.807) is 41.1 Å². The number of benzene rings is 2. The number of nitro benzene ring substituents is 1. The topological polar surface area (TPSA) is 141 Å². The quantitative estimate of drug-likeness (QED) is 0.146. The lowest BCUT2D eigenvalue weighted by atomic mass is 10.2. The Hall–Kier alpha value is -4.42. The summed E-state index contributed by atoms with van der Waals surface area (Å²) in [4.78, 5) is 62.3. The summed E-state index contributed by atoms with van der Waals surface area (Å²) in [5.74, 6) is -1.94. The number of anilines is 1. The van der Waals surface area contributed by atoms with Gasteiger partial charge in [-0.25, -0.2) is 4.79 Å². The average molecular weight is 583 g/mol. The monoisotopic (exact) mass is 582 g/mol. The van der Waals surface area contributed by atoms with Crippen molar-refractivity contribution in [2.24, 2.45) is 0 Å². The summed E-state index contributed by atoms with van der Waals surface area (Å²) in [6.45, 7) is 1.70. The minimum absolute atomic E-state index is 0.0286. The van der Waals surface area contributed by atoms with Gasteiger partial charge in [0.1, 0.15) is 6.54 Å². The van der Waals surface area contributed by atoms with Crippen LogP contribution in [0.1, 0.15) is 35.0 Å². The van der Waals surface area contributed by atoms with Gasteiger partial charge in [0, 0.05) is 29.2 Å². The molecule has 1 aliphatic rings. The Balaban J connectivity index is 1.45. The lowest BCUT2D eigenvalue weighted by Gasteiger charge is -2.13. The number of hydrogen-bond donors (Lipinski definition) is 1. The first kappa shape index (κ1) is 28.6. The summed E-state index contributed by atoms with van der Waals surface area (Å²) in [5, 5.41) is 13.5. The Bertz CT molecular complexity index is 1530. The molecule has 1 fully saturated rings. The number of carbonyl (C=O) groups is 4. The number of carbonyl (C=O) groups excluding carboxylic acids is 4. The van der Waals surface area contributed by atoms with Crippen LogP contribution in [0.2, 0.25) is 5.02 Å². The van der Waals surface area contributed by atoms with Gasteiger partial charge in [-0.05, 0) is 54.6 Å². The van der Waals surface area contributed by atoms with E-state index >= 15 is 0 Å². The molecule has 206 valence electrons. The van der Waals surface area contributed by atoms with Gasteiger partial charge in [-0.2, -0.15) is 0 Å². The molecule has 1 N–H and O–H groups in total. The molecule has 4 rings (SSSR count). The molecular formula is C27H23ClN4O7S. The van der Waals surface area contributed by atoms with E-state index in [0.29, 0.717) is 29.4 Å². The molecule has 0 aliphatic carbocycles. The van der Waals surface area contributed by atoms with E-state index in [4.69, 9.17) is 16.3 Å². The van der Waals surface area contributed by atoms with Gasteiger partial charge in [0.2, 0.25) is 5.91 Å². The zero-order valence-corrected chi connectivity index (χ0v) is 22.7. The Morgan fingerprint density at radius 2 is 1.93 bits per heavy atom. The van der Waals surface area contributed by atoms with Crippen LogP contribution < -0.4 is 5.32 Å². The smallest absolute Gasteiger partial charge is 0.339 e. The summed E-state index contributed by atoms with van der Waals surface area (Å²) >= 11 is 6.77. The molecule has 11 nitrogen and oxygen atoms in total. The van der Waals surface area contributed by atoms with Gasteiger partial charge in [-0.1, -0.05) is 36.7 Å². The third-order valence-corrected chi connectivity index (χ3v) is 6.99. The lowest BCUT2D eigenvalue weighted by Crippen LogP contribution is -2.36. The van der Waals surface area contributed by atoms with Crippen LogP contribution in [0.5, 0.6) is 0 Å². The van der Waals surface area contributed by atoms with E-state index in [2.05, 4.69) is 5.32 Å². The molecule has 3 aromatic rings. The number of para-hydroxylation sites is 1. The fourth-order valence-electron chi connectivity index (χ4n) is 3.86. The Kier molecular flexibility index (Phi) is 9.02. The highest BCUT2D eigenvalue weighted by Crippen LogP contribution is 2.32. The molecule has 1 aromatic heterocycles. The number of imide groups is 1. The van der Waals surface area contributed by atoms with Crippen molar-refractivity contribution < 1.29 is 28.8 Å². The van der Waals surface area contributed by atoms with Crippen molar-refractivity contribution in [2.75, 3.05) is 18.5 Å². The number of thioether (sulfide) groups is 1. The average Bonchev–Trinajstić information content (AvgIpc) is 3.47. The van der Waals surface area contributed by atoms with Gasteiger partial charge in [-0.3, -0.25) is 29.4 Å². The fourth-order valence-corrected chi connectivity index (χ4v) is 4.87. The van der Waals surface area contributed by atoms with E-state index in [-0.39, 0.29) is 40.0 Å². The zero-order valence-electron chi connectivity index (χ0n) is 21.2. The molecule has 0 spiro atoms. The molecule has 13 heteroatoms. The first-order valence-electron chi connectivity index (χ1n) is 12.1. The highest BCUT2D eigenvalue weighted by Gasteiger charge is 2.36. The number of esters is 1. The maximum Gasteiger partial charge on any atom is 0.339 e. The second-order valence-electron chi connectivity index (χ2n) is 8.59. The number of halogens is 1. The summed E-state index contributed by atoms with van der Waals surface area (Å²) in [6, 6.07) is 14.0. The number of amides is 3. The van der Waals surface area contributed by atoms with Crippen LogP contribution >= 0.6 is 23.4 Å². The molecule has 0 radical (unpaired) electrons. The van der Waals surface area contributed by atoms with Crippen molar-refractivity contribution in [3.8, 4) is 0 Å². The van der Waals surface area contributed by atoms with Crippen LogP contribution in [-0.4, -0.2) is 50.6 Å². The molecule has 0 unspecified atom stereocenters. The summed E-state index contributed by atoms with van der Waals surface area (Å²) < 4.78 is 6.81. The van der Waals surface area contributed by atoms with Crippen molar-refractivity contribution in [3.05, 3.63) is 97.7 Å². The third kappa shape index (κ3) is 6.58. The van der Waals surface area contributed by atoms with Crippen LogP contribution in [0.4, 0.5) is 16.2 Å². The number of hydrogen-bond acceptors (Lipinski definition) is 8. The standard InChI is InChI=1S/C27H23ClN4O7S/c1-2-12-39-26(35)20-13-18(9-10-21(20)28)29-24(33)16-31-25(34)23(40-27(31)36)14-19-7-5-11-30(19)15-17-6-3-4-8-22(17)32(37)38/h3-11,13-14H,2,12,15-16H2,1H3,(H,29,33)/b23-14+. The SMILES string of the molecule is CCCOC(=O)c1cc(NC(=O)CN2C(=O)S/C(=C/c3cccn3Cc3ccccc3[N+](=O)[O-])C2=O)ccc1Cl.